The molecule has 104 valence electrons. The van der Waals surface area contributed by atoms with Crippen molar-refractivity contribution in [2.45, 2.75) is 70.0 Å². The SMILES string of the molecule is CC1(C)O[C@H]2[C@@H](O1)[C@@H](CBr)O[C@@H]1OC(C)(C)O[C@@H]12. The summed E-state index contributed by atoms with van der Waals surface area (Å²) in [6, 6.07) is 0. The predicted molar refractivity (Wildman–Crippen MR) is 66.3 cm³/mol. The van der Waals surface area contributed by atoms with Crippen molar-refractivity contribution >= 4 is 15.9 Å². The molecular weight excluding hydrogens is 304 g/mol. The van der Waals surface area contributed by atoms with Crippen LogP contribution in [0.2, 0.25) is 0 Å². The predicted octanol–water partition coefficient (Wildman–Crippen LogP) is 1.78. The first-order valence-corrected chi connectivity index (χ1v) is 7.36. The summed E-state index contributed by atoms with van der Waals surface area (Å²) >= 11 is 3.45. The number of fused-ring (bicyclic) bond motifs is 3. The van der Waals surface area contributed by atoms with Crippen LogP contribution >= 0.6 is 15.9 Å². The first-order valence-electron chi connectivity index (χ1n) is 6.24. The minimum absolute atomic E-state index is 0.0875. The molecule has 0 unspecified atom stereocenters. The standard InChI is InChI=1S/C12H19BrO5/c1-11(2)15-7-6(5-13)14-10-9(8(7)16-11)17-12(3,4)18-10/h6-10H,5H2,1-4H3/t6-,7+,8+,9-,10-/m1/s1. The van der Waals surface area contributed by atoms with E-state index >= 15 is 0 Å². The summed E-state index contributed by atoms with van der Waals surface area (Å²) in [5.41, 5.74) is 0. The Hall–Kier alpha value is 0.280. The van der Waals surface area contributed by atoms with Crippen molar-refractivity contribution in [2.24, 2.45) is 0 Å². The van der Waals surface area contributed by atoms with Crippen LogP contribution in [-0.2, 0) is 23.7 Å². The van der Waals surface area contributed by atoms with Crippen molar-refractivity contribution in [3.8, 4) is 0 Å². The molecule has 0 aromatic rings. The van der Waals surface area contributed by atoms with Gasteiger partial charge in [-0.3, -0.25) is 0 Å². The second kappa shape index (κ2) is 4.14. The van der Waals surface area contributed by atoms with E-state index in [0.29, 0.717) is 5.33 Å². The highest BCUT2D eigenvalue weighted by Gasteiger charge is 2.60. The summed E-state index contributed by atoms with van der Waals surface area (Å²) in [6.07, 6.45) is -0.986. The molecular formula is C12H19BrO5. The van der Waals surface area contributed by atoms with Gasteiger partial charge in [0.1, 0.15) is 18.3 Å². The second-order valence-electron chi connectivity index (χ2n) is 5.86. The lowest BCUT2D eigenvalue weighted by molar-refractivity contribution is -0.227. The van der Waals surface area contributed by atoms with Gasteiger partial charge in [0.05, 0.1) is 6.10 Å². The third-order valence-electron chi connectivity index (χ3n) is 3.40. The summed E-state index contributed by atoms with van der Waals surface area (Å²) in [6.45, 7) is 7.58. The average Bonchev–Trinajstić information content (AvgIpc) is 2.71. The van der Waals surface area contributed by atoms with Gasteiger partial charge in [0.25, 0.3) is 0 Å². The van der Waals surface area contributed by atoms with Crippen LogP contribution in [0.15, 0.2) is 0 Å². The molecule has 3 aliphatic rings. The topological polar surface area (TPSA) is 46.2 Å². The Bertz CT molecular complexity index is 345. The molecule has 0 radical (unpaired) electrons. The highest BCUT2D eigenvalue weighted by Crippen LogP contribution is 2.44. The van der Waals surface area contributed by atoms with E-state index in [2.05, 4.69) is 15.9 Å². The smallest absolute Gasteiger partial charge is 0.190 e. The van der Waals surface area contributed by atoms with Crippen molar-refractivity contribution in [3.63, 3.8) is 0 Å². The lowest BCUT2D eigenvalue weighted by Gasteiger charge is -2.36. The van der Waals surface area contributed by atoms with Crippen LogP contribution in [0.3, 0.4) is 0 Å². The van der Waals surface area contributed by atoms with Gasteiger partial charge in [0.15, 0.2) is 17.9 Å². The monoisotopic (exact) mass is 322 g/mol. The van der Waals surface area contributed by atoms with E-state index in [0.717, 1.165) is 0 Å². The van der Waals surface area contributed by atoms with Gasteiger partial charge in [0, 0.05) is 5.33 Å². The highest BCUT2D eigenvalue weighted by molar-refractivity contribution is 9.09. The summed E-state index contributed by atoms with van der Waals surface area (Å²) in [7, 11) is 0. The van der Waals surface area contributed by atoms with Crippen molar-refractivity contribution in [1.82, 2.24) is 0 Å². The van der Waals surface area contributed by atoms with Gasteiger partial charge >= 0.3 is 0 Å². The number of ether oxygens (including phenoxy) is 5. The molecule has 0 aliphatic carbocycles. The van der Waals surface area contributed by atoms with E-state index in [4.69, 9.17) is 23.7 Å². The normalized spacial score (nSPS) is 48.8. The molecule has 5 nitrogen and oxygen atoms in total. The summed E-state index contributed by atoms with van der Waals surface area (Å²) in [5.74, 6) is -1.25. The molecule has 6 heteroatoms. The van der Waals surface area contributed by atoms with E-state index < -0.39 is 11.6 Å². The van der Waals surface area contributed by atoms with E-state index in [1.165, 1.54) is 0 Å². The van der Waals surface area contributed by atoms with E-state index in [-0.39, 0.29) is 30.7 Å². The van der Waals surface area contributed by atoms with Gasteiger partial charge in [-0.2, -0.15) is 0 Å². The largest absolute Gasteiger partial charge is 0.343 e. The molecule has 0 N–H and O–H groups in total. The molecule has 18 heavy (non-hydrogen) atoms. The lowest BCUT2D eigenvalue weighted by Crippen LogP contribution is -2.55. The molecule has 5 atom stereocenters. The second-order valence-corrected chi connectivity index (χ2v) is 6.51. The van der Waals surface area contributed by atoms with Crippen LogP contribution in [0.25, 0.3) is 0 Å². The number of halogens is 1. The number of alkyl halides is 1. The Labute approximate surface area is 115 Å². The fourth-order valence-electron chi connectivity index (χ4n) is 2.82. The van der Waals surface area contributed by atoms with Crippen LogP contribution in [0.4, 0.5) is 0 Å². The minimum Gasteiger partial charge on any atom is -0.343 e. The van der Waals surface area contributed by atoms with Gasteiger partial charge in [0.2, 0.25) is 0 Å². The molecule has 3 rings (SSSR count). The Kier molecular flexibility index (Phi) is 3.05. The van der Waals surface area contributed by atoms with Gasteiger partial charge < -0.3 is 23.7 Å². The first kappa shape index (κ1) is 13.3. The first-order chi connectivity index (χ1) is 8.31. The zero-order chi connectivity index (χ0) is 13.1. The molecule has 0 amide bonds. The zero-order valence-corrected chi connectivity index (χ0v) is 12.6. The van der Waals surface area contributed by atoms with E-state index in [1.807, 2.05) is 27.7 Å². The van der Waals surface area contributed by atoms with Crippen LogP contribution in [-0.4, -0.2) is 47.6 Å². The van der Waals surface area contributed by atoms with Crippen molar-refractivity contribution < 1.29 is 23.7 Å². The third kappa shape index (κ3) is 2.13. The molecule has 3 fully saturated rings. The number of hydrogen-bond donors (Lipinski definition) is 0. The highest BCUT2D eigenvalue weighted by atomic mass is 79.9. The quantitative estimate of drug-likeness (QED) is 0.689. The van der Waals surface area contributed by atoms with Crippen LogP contribution in [0.1, 0.15) is 27.7 Å². The third-order valence-corrected chi connectivity index (χ3v) is 4.04. The molecule has 3 aliphatic heterocycles. The van der Waals surface area contributed by atoms with Crippen molar-refractivity contribution in [1.29, 1.82) is 0 Å². The lowest BCUT2D eigenvalue weighted by atomic mass is 10.0. The fraction of sp³-hybridized carbons (Fsp3) is 1.00. The molecule has 0 aromatic carbocycles. The van der Waals surface area contributed by atoms with Gasteiger partial charge in [-0.1, -0.05) is 15.9 Å². The summed E-state index contributed by atoms with van der Waals surface area (Å²) in [4.78, 5) is 0. The molecule has 3 saturated heterocycles. The number of hydrogen-bond acceptors (Lipinski definition) is 5. The maximum atomic E-state index is 5.96. The van der Waals surface area contributed by atoms with Gasteiger partial charge in [-0.25, -0.2) is 0 Å². The molecule has 0 aromatic heterocycles. The Morgan fingerprint density at radius 2 is 1.39 bits per heavy atom. The Morgan fingerprint density at radius 1 is 0.833 bits per heavy atom. The van der Waals surface area contributed by atoms with E-state index in [9.17, 15) is 0 Å². The molecule has 3 heterocycles. The fourth-order valence-corrected chi connectivity index (χ4v) is 3.34. The maximum Gasteiger partial charge on any atom is 0.190 e. The zero-order valence-electron chi connectivity index (χ0n) is 11.0. The van der Waals surface area contributed by atoms with Crippen LogP contribution < -0.4 is 0 Å². The van der Waals surface area contributed by atoms with Gasteiger partial charge in [-0.15, -0.1) is 0 Å². The Morgan fingerprint density at radius 3 is 2.06 bits per heavy atom. The number of rotatable bonds is 1. The maximum absolute atomic E-state index is 5.96. The summed E-state index contributed by atoms with van der Waals surface area (Å²) < 4.78 is 29.4. The van der Waals surface area contributed by atoms with Crippen molar-refractivity contribution in [3.05, 3.63) is 0 Å². The Balaban J connectivity index is 1.86. The van der Waals surface area contributed by atoms with Crippen LogP contribution in [0, 0.1) is 0 Å². The molecule has 0 bridgehead atoms. The molecule has 0 spiro atoms. The van der Waals surface area contributed by atoms with Crippen molar-refractivity contribution in [2.75, 3.05) is 5.33 Å². The van der Waals surface area contributed by atoms with E-state index in [1.54, 1.807) is 0 Å². The summed E-state index contributed by atoms with van der Waals surface area (Å²) in [5, 5.41) is 0.681. The average molecular weight is 323 g/mol. The van der Waals surface area contributed by atoms with Crippen LogP contribution in [0.5, 0.6) is 0 Å². The molecule has 0 saturated carbocycles. The van der Waals surface area contributed by atoms with Gasteiger partial charge in [-0.05, 0) is 27.7 Å². The minimum atomic E-state index is -0.642.